The molecule has 1 heterocycles. The van der Waals surface area contributed by atoms with Crippen molar-refractivity contribution in [2.45, 2.75) is 83.6 Å². The first kappa shape index (κ1) is 21.7. The first-order valence-electron chi connectivity index (χ1n) is 10.6. The Morgan fingerprint density at radius 2 is 2.03 bits per heavy atom. The molecule has 29 heavy (non-hydrogen) atoms. The highest BCUT2D eigenvalue weighted by Gasteiger charge is 2.21. The van der Waals surface area contributed by atoms with Crippen LogP contribution in [-0.2, 0) is 11.3 Å². The second kappa shape index (κ2) is 10.1. The van der Waals surface area contributed by atoms with Gasteiger partial charge in [0.25, 0.3) is 0 Å². The van der Waals surface area contributed by atoms with E-state index in [4.69, 9.17) is 4.74 Å². The van der Waals surface area contributed by atoms with Crippen molar-refractivity contribution in [2.24, 2.45) is 0 Å². The van der Waals surface area contributed by atoms with Crippen LogP contribution in [-0.4, -0.2) is 32.5 Å². The van der Waals surface area contributed by atoms with Crippen molar-refractivity contribution in [1.82, 2.24) is 20.1 Å². The van der Waals surface area contributed by atoms with E-state index < -0.39 is 0 Å². The normalized spacial score (nSPS) is 15.9. The third kappa shape index (κ3) is 5.75. The van der Waals surface area contributed by atoms with Crippen LogP contribution >= 0.6 is 11.8 Å². The highest BCUT2D eigenvalue weighted by molar-refractivity contribution is 7.99. The molecule has 1 saturated carbocycles. The van der Waals surface area contributed by atoms with Crippen LogP contribution in [0.1, 0.15) is 69.0 Å². The first-order chi connectivity index (χ1) is 14.0. The smallest absolute Gasteiger partial charge is 0.230 e. The molecule has 1 aromatic heterocycles. The number of hydrogen-bond acceptors (Lipinski definition) is 5. The maximum absolute atomic E-state index is 12.3. The summed E-state index contributed by atoms with van der Waals surface area (Å²) in [6, 6.07) is 6.49. The Labute approximate surface area is 177 Å². The summed E-state index contributed by atoms with van der Waals surface area (Å²) >= 11 is 1.44. The second-order valence-corrected chi connectivity index (χ2v) is 8.75. The number of benzene rings is 1. The van der Waals surface area contributed by atoms with Crippen molar-refractivity contribution in [2.75, 3.05) is 5.75 Å². The topological polar surface area (TPSA) is 69.0 Å². The number of amides is 1. The standard InChI is InChI=1S/C22H32N4O2S/c1-5-26-21(17(4)28-19-12-11-15(2)13-16(19)3)24-25-22(26)29-14-20(27)23-18-9-7-6-8-10-18/h11-13,17-18H,5-10,14H2,1-4H3,(H,23,27). The predicted molar refractivity (Wildman–Crippen MR) is 116 cm³/mol. The molecular weight excluding hydrogens is 384 g/mol. The number of nitrogens with one attached hydrogen (secondary N) is 1. The third-order valence-corrected chi connectivity index (χ3v) is 6.33. The fraction of sp³-hybridized carbons (Fsp3) is 0.591. The zero-order chi connectivity index (χ0) is 20.8. The number of rotatable bonds is 8. The van der Waals surface area contributed by atoms with Crippen molar-refractivity contribution < 1.29 is 9.53 Å². The van der Waals surface area contributed by atoms with E-state index in [9.17, 15) is 4.79 Å². The largest absolute Gasteiger partial charge is 0.482 e. The SMILES string of the molecule is CCn1c(SCC(=O)NC2CCCCC2)nnc1C(C)Oc1ccc(C)cc1C. The van der Waals surface area contributed by atoms with E-state index in [1.54, 1.807) is 0 Å². The molecule has 1 atom stereocenters. The lowest BCUT2D eigenvalue weighted by Crippen LogP contribution is -2.37. The Balaban J connectivity index is 1.60. The Morgan fingerprint density at radius 3 is 2.72 bits per heavy atom. The molecule has 0 bridgehead atoms. The van der Waals surface area contributed by atoms with Gasteiger partial charge in [-0.3, -0.25) is 4.79 Å². The fourth-order valence-corrected chi connectivity index (χ4v) is 4.65. The average Bonchev–Trinajstić information content (AvgIpc) is 3.12. The summed E-state index contributed by atoms with van der Waals surface area (Å²) in [4.78, 5) is 12.3. The van der Waals surface area contributed by atoms with E-state index in [-0.39, 0.29) is 12.0 Å². The van der Waals surface area contributed by atoms with Gasteiger partial charge in [-0.25, -0.2) is 0 Å². The van der Waals surface area contributed by atoms with Crippen LogP contribution in [0.25, 0.3) is 0 Å². The number of carbonyl (C=O) groups is 1. The maximum atomic E-state index is 12.3. The molecule has 1 aromatic carbocycles. The van der Waals surface area contributed by atoms with Crippen LogP contribution in [0.2, 0.25) is 0 Å². The summed E-state index contributed by atoms with van der Waals surface area (Å²) in [5.41, 5.74) is 2.32. The molecule has 1 unspecified atom stereocenters. The molecule has 158 valence electrons. The van der Waals surface area contributed by atoms with E-state index in [1.165, 1.54) is 36.6 Å². The molecule has 6 nitrogen and oxygen atoms in total. The number of hydrogen-bond donors (Lipinski definition) is 1. The highest BCUT2D eigenvalue weighted by atomic mass is 32.2. The molecule has 0 aliphatic heterocycles. The minimum absolute atomic E-state index is 0.0775. The average molecular weight is 417 g/mol. The van der Waals surface area contributed by atoms with E-state index in [2.05, 4.69) is 35.4 Å². The maximum Gasteiger partial charge on any atom is 0.230 e. The number of aromatic nitrogens is 3. The van der Waals surface area contributed by atoms with E-state index in [0.29, 0.717) is 11.8 Å². The van der Waals surface area contributed by atoms with Gasteiger partial charge in [0.1, 0.15) is 5.75 Å². The van der Waals surface area contributed by atoms with Crippen molar-refractivity contribution in [3.63, 3.8) is 0 Å². The molecule has 3 rings (SSSR count). The number of nitrogens with zero attached hydrogens (tertiary/aromatic N) is 3. The van der Waals surface area contributed by atoms with Crippen LogP contribution in [0.3, 0.4) is 0 Å². The first-order valence-corrected chi connectivity index (χ1v) is 11.6. The predicted octanol–water partition coefficient (Wildman–Crippen LogP) is 4.60. The minimum atomic E-state index is -0.228. The summed E-state index contributed by atoms with van der Waals surface area (Å²) in [6.07, 6.45) is 5.67. The second-order valence-electron chi connectivity index (χ2n) is 7.81. The number of aryl methyl sites for hydroxylation is 2. The molecule has 7 heteroatoms. The monoisotopic (exact) mass is 416 g/mol. The summed E-state index contributed by atoms with van der Waals surface area (Å²) in [6.45, 7) is 8.89. The highest BCUT2D eigenvalue weighted by Crippen LogP contribution is 2.27. The van der Waals surface area contributed by atoms with E-state index >= 15 is 0 Å². The van der Waals surface area contributed by atoms with Gasteiger partial charge in [0.2, 0.25) is 5.91 Å². The van der Waals surface area contributed by atoms with Gasteiger partial charge in [-0.2, -0.15) is 0 Å². The van der Waals surface area contributed by atoms with Gasteiger partial charge in [0.05, 0.1) is 5.75 Å². The van der Waals surface area contributed by atoms with Crippen LogP contribution in [0.15, 0.2) is 23.4 Å². The number of thioether (sulfide) groups is 1. The molecule has 2 aromatic rings. The Kier molecular flexibility index (Phi) is 7.58. The van der Waals surface area contributed by atoms with Gasteiger partial charge < -0.3 is 14.6 Å². The van der Waals surface area contributed by atoms with Crippen molar-refractivity contribution >= 4 is 17.7 Å². The quantitative estimate of drug-likeness (QED) is 0.637. The minimum Gasteiger partial charge on any atom is -0.482 e. The van der Waals surface area contributed by atoms with Crippen LogP contribution in [0, 0.1) is 13.8 Å². The van der Waals surface area contributed by atoms with Gasteiger partial charge >= 0.3 is 0 Å². The van der Waals surface area contributed by atoms with Gasteiger partial charge in [-0.15, -0.1) is 10.2 Å². The van der Waals surface area contributed by atoms with Crippen LogP contribution in [0.4, 0.5) is 0 Å². The molecule has 1 amide bonds. The lowest BCUT2D eigenvalue weighted by atomic mass is 9.95. The molecule has 1 N–H and O–H groups in total. The summed E-state index contributed by atoms with van der Waals surface area (Å²) in [5, 5.41) is 12.6. The molecule has 1 aliphatic rings. The molecule has 1 aliphatic carbocycles. The molecular formula is C22H32N4O2S. The molecule has 0 radical (unpaired) electrons. The summed E-state index contributed by atoms with van der Waals surface area (Å²) < 4.78 is 8.19. The van der Waals surface area contributed by atoms with E-state index in [0.717, 1.165) is 41.7 Å². The summed E-state index contributed by atoms with van der Waals surface area (Å²) in [5.74, 6) is 2.08. The van der Waals surface area contributed by atoms with Crippen molar-refractivity contribution in [3.8, 4) is 5.75 Å². The van der Waals surface area contributed by atoms with Crippen LogP contribution < -0.4 is 10.1 Å². The van der Waals surface area contributed by atoms with E-state index in [1.807, 2.05) is 30.5 Å². The number of carbonyl (C=O) groups excluding carboxylic acids is 1. The van der Waals surface area contributed by atoms with Crippen molar-refractivity contribution in [1.29, 1.82) is 0 Å². The fourth-order valence-electron chi connectivity index (χ4n) is 3.83. The van der Waals surface area contributed by atoms with Gasteiger partial charge in [-0.1, -0.05) is 48.7 Å². The zero-order valence-corrected chi connectivity index (χ0v) is 18.7. The summed E-state index contributed by atoms with van der Waals surface area (Å²) in [7, 11) is 0. The Morgan fingerprint density at radius 1 is 1.28 bits per heavy atom. The molecule has 0 spiro atoms. The lowest BCUT2D eigenvalue weighted by Gasteiger charge is -2.22. The lowest BCUT2D eigenvalue weighted by molar-refractivity contribution is -0.119. The van der Waals surface area contributed by atoms with Gasteiger partial charge in [0, 0.05) is 12.6 Å². The van der Waals surface area contributed by atoms with Crippen LogP contribution in [0.5, 0.6) is 5.75 Å². The Bertz CT molecular complexity index is 830. The van der Waals surface area contributed by atoms with Crippen molar-refractivity contribution in [3.05, 3.63) is 35.2 Å². The van der Waals surface area contributed by atoms with Gasteiger partial charge in [0.15, 0.2) is 17.1 Å². The molecule has 1 fully saturated rings. The molecule has 0 saturated heterocycles. The third-order valence-electron chi connectivity index (χ3n) is 5.36. The zero-order valence-electron chi connectivity index (χ0n) is 17.9. The van der Waals surface area contributed by atoms with Gasteiger partial charge in [-0.05, 0) is 52.2 Å². The number of ether oxygens (including phenoxy) is 1. The Hall–Kier alpha value is -2.02.